The summed E-state index contributed by atoms with van der Waals surface area (Å²) in [6.07, 6.45) is 0. The third-order valence-corrected chi connectivity index (χ3v) is 4.77. The quantitative estimate of drug-likeness (QED) is 0.773. The Hall–Kier alpha value is -2.67. The molecular formula is C18H16BrN3O3. The van der Waals surface area contributed by atoms with Crippen LogP contribution in [0.5, 0.6) is 0 Å². The number of anilines is 1. The van der Waals surface area contributed by atoms with Crippen LogP contribution in [0.25, 0.3) is 0 Å². The zero-order chi connectivity index (χ0) is 18.0. The van der Waals surface area contributed by atoms with Gasteiger partial charge in [-0.25, -0.2) is 4.79 Å². The van der Waals surface area contributed by atoms with Gasteiger partial charge < -0.3 is 10.6 Å². The SMILES string of the molecule is C[C@@]1(c2ccccc2)NC(=O)N(CC(=O)Nc2ccccc2Br)C1=O. The molecule has 2 aromatic rings. The van der Waals surface area contributed by atoms with Gasteiger partial charge in [0.15, 0.2) is 0 Å². The first kappa shape index (κ1) is 17.2. The number of carbonyl (C=O) groups excluding carboxylic acids is 3. The van der Waals surface area contributed by atoms with Gasteiger partial charge in [0.2, 0.25) is 5.91 Å². The Kier molecular flexibility index (Phi) is 4.59. The van der Waals surface area contributed by atoms with Gasteiger partial charge in [0.1, 0.15) is 12.1 Å². The first-order valence-electron chi connectivity index (χ1n) is 7.66. The van der Waals surface area contributed by atoms with Crippen LogP contribution in [0.4, 0.5) is 10.5 Å². The van der Waals surface area contributed by atoms with Crippen molar-refractivity contribution in [1.29, 1.82) is 0 Å². The monoisotopic (exact) mass is 401 g/mol. The van der Waals surface area contributed by atoms with Gasteiger partial charge in [-0.2, -0.15) is 0 Å². The first-order chi connectivity index (χ1) is 11.9. The maximum absolute atomic E-state index is 12.7. The molecule has 1 aliphatic heterocycles. The van der Waals surface area contributed by atoms with E-state index in [1.54, 1.807) is 49.4 Å². The van der Waals surface area contributed by atoms with Crippen molar-refractivity contribution in [1.82, 2.24) is 10.2 Å². The number of nitrogens with zero attached hydrogens (tertiary/aromatic N) is 1. The third kappa shape index (κ3) is 3.28. The Morgan fingerprint density at radius 2 is 1.76 bits per heavy atom. The van der Waals surface area contributed by atoms with Crippen molar-refractivity contribution in [2.75, 3.05) is 11.9 Å². The molecule has 0 radical (unpaired) electrons. The molecule has 1 saturated heterocycles. The third-order valence-electron chi connectivity index (χ3n) is 4.08. The normalized spacial score (nSPS) is 19.7. The van der Waals surface area contributed by atoms with Crippen molar-refractivity contribution in [3.05, 3.63) is 64.6 Å². The Labute approximate surface area is 153 Å². The number of para-hydroxylation sites is 1. The van der Waals surface area contributed by atoms with Gasteiger partial charge in [0.25, 0.3) is 5.91 Å². The van der Waals surface area contributed by atoms with Crippen LogP contribution in [-0.2, 0) is 15.1 Å². The fourth-order valence-corrected chi connectivity index (χ4v) is 3.09. The summed E-state index contributed by atoms with van der Waals surface area (Å²) in [6.45, 7) is 1.28. The standard InChI is InChI=1S/C18H16BrN3O3/c1-18(12-7-3-2-4-8-12)16(24)22(17(25)21-18)11-15(23)20-14-10-6-5-9-13(14)19/h2-10H,11H2,1H3,(H,20,23)(H,21,25)/t18-/m0/s1. The molecule has 0 bridgehead atoms. The topological polar surface area (TPSA) is 78.5 Å². The molecule has 1 heterocycles. The number of amides is 4. The Morgan fingerprint density at radius 1 is 1.12 bits per heavy atom. The van der Waals surface area contributed by atoms with Gasteiger partial charge in [0, 0.05) is 4.47 Å². The summed E-state index contributed by atoms with van der Waals surface area (Å²) in [7, 11) is 0. The summed E-state index contributed by atoms with van der Waals surface area (Å²) in [5.41, 5.74) is 0.0683. The molecule has 0 saturated carbocycles. The second-order valence-electron chi connectivity index (χ2n) is 5.84. The number of hydrogen-bond acceptors (Lipinski definition) is 3. The van der Waals surface area contributed by atoms with E-state index in [2.05, 4.69) is 26.6 Å². The molecule has 1 aliphatic rings. The zero-order valence-electron chi connectivity index (χ0n) is 13.5. The maximum Gasteiger partial charge on any atom is 0.325 e. The molecule has 0 unspecified atom stereocenters. The van der Waals surface area contributed by atoms with E-state index in [1.165, 1.54) is 0 Å². The molecule has 6 nitrogen and oxygen atoms in total. The van der Waals surface area contributed by atoms with Gasteiger partial charge in [-0.1, -0.05) is 42.5 Å². The number of halogens is 1. The molecule has 0 aliphatic carbocycles. The number of nitrogens with one attached hydrogen (secondary N) is 2. The average molecular weight is 402 g/mol. The fourth-order valence-electron chi connectivity index (χ4n) is 2.70. The van der Waals surface area contributed by atoms with Gasteiger partial charge >= 0.3 is 6.03 Å². The largest absolute Gasteiger partial charge is 0.325 e. The predicted octanol–water partition coefficient (Wildman–Crippen LogP) is 2.85. The lowest BCUT2D eigenvalue weighted by molar-refractivity contribution is -0.133. The van der Waals surface area contributed by atoms with E-state index in [0.29, 0.717) is 11.3 Å². The lowest BCUT2D eigenvalue weighted by Crippen LogP contribution is -2.42. The van der Waals surface area contributed by atoms with Crippen molar-refractivity contribution in [3.8, 4) is 0 Å². The summed E-state index contributed by atoms with van der Waals surface area (Å²) in [6, 6.07) is 15.5. The summed E-state index contributed by atoms with van der Waals surface area (Å²) >= 11 is 3.34. The van der Waals surface area contributed by atoms with E-state index < -0.39 is 23.4 Å². The van der Waals surface area contributed by atoms with E-state index in [4.69, 9.17) is 0 Å². The zero-order valence-corrected chi connectivity index (χ0v) is 15.0. The molecule has 2 N–H and O–H groups in total. The Bertz CT molecular complexity index is 840. The van der Waals surface area contributed by atoms with Crippen LogP contribution in [0.1, 0.15) is 12.5 Å². The van der Waals surface area contributed by atoms with E-state index in [0.717, 1.165) is 9.37 Å². The number of benzene rings is 2. The smallest absolute Gasteiger partial charge is 0.324 e. The van der Waals surface area contributed by atoms with Crippen molar-refractivity contribution < 1.29 is 14.4 Å². The summed E-state index contributed by atoms with van der Waals surface area (Å²) < 4.78 is 0.717. The minimum Gasteiger partial charge on any atom is -0.324 e. The van der Waals surface area contributed by atoms with Crippen LogP contribution in [0.15, 0.2) is 59.1 Å². The summed E-state index contributed by atoms with van der Waals surface area (Å²) in [5.74, 6) is -0.904. The predicted molar refractivity (Wildman–Crippen MR) is 96.8 cm³/mol. The van der Waals surface area contributed by atoms with Gasteiger partial charge in [0.05, 0.1) is 5.69 Å². The van der Waals surface area contributed by atoms with E-state index >= 15 is 0 Å². The molecule has 0 spiro atoms. The summed E-state index contributed by atoms with van der Waals surface area (Å²) in [4.78, 5) is 38.2. The van der Waals surface area contributed by atoms with Gasteiger partial charge in [-0.15, -0.1) is 0 Å². The average Bonchev–Trinajstić information content (AvgIpc) is 2.82. The second kappa shape index (κ2) is 6.68. The second-order valence-corrected chi connectivity index (χ2v) is 6.69. The molecule has 1 fully saturated rings. The molecular weight excluding hydrogens is 386 g/mol. The molecule has 25 heavy (non-hydrogen) atoms. The van der Waals surface area contributed by atoms with Crippen LogP contribution in [0, 0.1) is 0 Å². The number of hydrogen-bond donors (Lipinski definition) is 2. The van der Waals surface area contributed by atoms with E-state index in [9.17, 15) is 14.4 Å². The van der Waals surface area contributed by atoms with Crippen LogP contribution >= 0.6 is 15.9 Å². The van der Waals surface area contributed by atoms with Crippen molar-refractivity contribution in [3.63, 3.8) is 0 Å². The Balaban J connectivity index is 1.75. The van der Waals surface area contributed by atoms with Crippen molar-refractivity contribution >= 4 is 39.5 Å². The minimum absolute atomic E-state index is 0.353. The number of imide groups is 1. The molecule has 1 atom stereocenters. The number of rotatable bonds is 4. The number of carbonyl (C=O) groups is 3. The highest BCUT2D eigenvalue weighted by atomic mass is 79.9. The summed E-state index contributed by atoms with van der Waals surface area (Å²) in [5, 5.41) is 5.36. The lowest BCUT2D eigenvalue weighted by Gasteiger charge is -2.22. The highest BCUT2D eigenvalue weighted by Crippen LogP contribution is 2.28. The van der Waals surface area contributed by atoms with Crippen LogP contribution in [0.3, 0.4) is 0 Å². The molecule has 128 valence electrons. The highest BCUT2D eigenvalue weighted by molar-refractivity contribution is 9.10. The number of urea groups is 1. The van der Waals surface area contributed by atoms with Crippen LogP contribution in [0.2, 0.25) is 0 Å². The van der Waals surface area contributed by atoms with Gasteiger partial charge in [-0.05, 0) is 40.5 Å². The van der Waals surface area contributed by atoms with Crippen LogP contribution < -0.4 is 10.6 Å². The molecule has 3 rings (SSSR count). The first-order valence-corrected chi connectivity index (χ1v) is 8.45. The fraction of sp³-hybridized carbons (Fsp3) is 0.167. The molecule has 0 aromatic heterocycles. The van der Waals surface area contributed by atoms with E-state index in [1.807, 2.05) is 12.1 Å². The molecule has 7 heteroatoms. The highest BCUT2D eigenvalue weighted by Gasteiger charge is 2.49. The maximum atomic E-state index is 12.7. The Morgan fingerprint density at radius 3 is 2.44 bits per heavy atom. The van der Waals surface area contributed by atoms with Gasteiger partial charge in [-0.3, -0.25) is 14.5 Å². The van der Waals surface area contributed by atoms with Crippen molar-refractivity contribution in [2.24, 2.45) is 0 Å². The molecule has 4 amide bonds. The lowest BCUT2D eigenvalue weighted by atomic mass is 9.92. The van der Waals surface area contributed by atoms with E-state index in [-0.39, 0.29) is 6.54 Å². The minimum atomic E-state index is -1.17. The molecule has 2 aromatic carbocycles. The van der Waals surface area contributed by atoms with Crippen molar-refractivity contribution in [2.45, 2.75) is 12.5 Å². The van der Waals surface area contributed by atoms with Crippen LogP contribution in [-0.4, -0.2) is 29.3 Å².